The highest BCUT2D eigenvalue weighted by Gasteiger charge is 2.11. The second kappa shape index (κ2) is 4.89. The summed E-state index contributed by atoms with van der Waals surface area (Å²) in [6, 6.07) is 2.08. The predicted octanol–water partition coefficient (Wildman–Crippen LogP) is 3.89. The molecule has 78 valence electrons. The van der Waals surface area contributed by atoms with Crippen LogP contribution in [0.5, 0.6) is 5.75 Å². The van der Waals surface area contributed by atoms with E-state index in [0.717, 1.165) is 12.1 Å². The second-order valence-corrected chi connectivity index (χ2v) is 3.66. The van der Waals surface area contributed by atoms with E-state index in [0.29, 0.717) is 0 Å². The highest BCUT2D eigenvalue weighted by Crippen LogP contribution is 2.34. The van der Waals surface area contributed by atoms with Gasteiger partial charge in [0.2, 0.25) is 0 Å². The van der Waals surface area contributed by atoms with E-state index in [4.69, 9.17) is 11.6 Å². The predicted molar refractivity (Wildman–Crippen MR) is 50.6 cm³/mol. The number of hydrogen-bond donors (Lipinski definition) is 0. The number of halogens is 5. The van der Waals surface area contributed by atoms with Crippen molar-refractivity contribution in [3.8, 4) is 5.75 Å². The zero-order chi connectivity index (χ0) is 10.7. The molecular formula is C8H5BrClF3O. The first-order valence-electron chi connectivity index (χ1n) is 3.56. The molecule has 0 radical (unpaired) electrons. The van der Waals surface area contributed by atoms with E-state index in [1.54, 1.807) is 0 Å². The molecule has 1 nitrogen and oxygen atoms in total. The summed E-state index contributed by atoms with van der Waals surface area (Å²) in [5.74, 6) is -0.542. The standard InChI is InChI=1S/C8H5BrClF3O/c9-5-1-4(11)2-6(10)8(5)14-3-7(12)13/h1-2,7H,3H2. The molecule has 0 heterocycles. The summed E-state index contributed by atoms with van der Waals surface area (Å²) in [4.78, 5) is 0. The molecule has 0 saturated heterocycles. The van der Waals surface area contributed by atoms with Crippen LogP contribution in [0.3, 0.4) is 0 Å². The van der Waals surface area contributed by atoms with Crippen LogP contribution in [0, 0.1) is 5.82 Å². The van der Waals surface area contributed by atoms with Gasteiger partial charge < -0.3 is 4.74 Å². The fourth-order valence-electron chi connectivity index (χ4n) is 0.813. The average molecular weight is 289 g/mol. The first kappa shape index (κ1) is 11.7. The van der Waals surface area contributed by atoms with Crippen molar-refractivity contribution in [3.63, 3.8) is 0 Å². The van der Waals surface area contributed by atoms with E-state index >= 15 is 0 Å². The van der Waals surface area contributed by atoms with Crippen LogP contribution >= 0.6 is 27.5 Å². The molecule has 0 saturated carbocycles. The minimum Gasteiger partial charge on any atom is -0.485 e. The molecule has 0 amide bonds. The Morgan fingerprint density at radius 1 is 1.43 bits per heavy atom. The van der Waals surface area contributed by atoms with Crippen LogP contribution in [0.4, 0.5) is 13.2 Å². The molecular weight excluding hydrogens is 284 g/mol. The van der Waals surface area contributed by atoms with E-state index in [2.05, 4.69) is 20.7 Å². The van der Waals surface area contributed by atoms with Gasteiger partial charge in [-0.2, -0.15) is 0 Å². The van der Waals surface area contributed by atoms with Gasteiger partial charge in [-0.1, -0.05) is 11.6 Å². The Morgan fingerprint density at radius 3 is 2.57 bits per heavy atom. The third-order valence-electron chi connectivity index (χ3n) is 1.32. The van der Waals surface area contributed by atoms with Crippen molar-refractivity contribution in [2.24, 2.45) is 0 Å². The van der Waals surface area contributed by atoms with Crippen molar-refractivity contribution in [3.05, 3.63) is 27.4 Å². The third-order valence-corrected chi connectivity index (χ3v) is 2.19. The molecule has 0 atom stereocenters. The first-order valence-corrected chi connectivity index (χ1v) is 4.73. The quantitative estimate of drug-likeness (QED) is 0.820. The van der Waals surface area contributed by atoms with Gasteiger partial charge in [-0.15, -0.1) is 0 Å². The molecule has 1 rings (SSSR count). The zero-order valence-corrected chi connectivity index (χ0v) is 9.08. The molecule has 1 aromatic carbocycles. The number of rotatable bonds is 3. The Bertz CT molecular complexity index is 309. The topological polar surface area (TPSA) is 9.23 Å². The van der Waals surface area contributed by atoms with Crippen LogP contribution in [0.2, 0.25) is 5.02 Å². The Morgan fingerprint density at radius 2 is 2.07 bits per heavy atom. The zero-order valence-electron chi connectivity index (χ0n) is 6.74. The van der Waals surface area contributed by atoms with E-state index in [1.807, 2.05) is 0 Å². The van der Waals surface area contributed by atoms with E-state index in [9.17, 15) is 13.2 Å². The molecule has 0 fully saturated rings. The summed E-state index contributed by atoms with van der Waals surface area (Å²) in [7, 11) is 0. The summed E-state index contributed by atoms with van der Waals surface area (Å²) in [5, 5.41) is -0.0440. The van der Waals surface area contributed by atoms with Gasteiger partial charge in [0, 0.05) is 0 Å². The second-order valence-electron chi connectivity index (χ2n) is 2.40. The van der Waals surface area contributed by atoms with Gasteiger partial charge in [-0.25, -0.2) is 13.2 Å². The lowest BCUT2D eigenvalue weighted by atomic mass is 10.3. The third kappa shape index (κ3) is 3.06. The largest absolute Gasteiger partial charge is 0.485 e. The molecule has 0 N–H and O–H groups in total. The minimum absolute atomic E-state index is 0.0216. The molecule has 0 aromatic heterocycles. The summed E-state index contributed by atoms with van der Waals surface area (Å²) >= 11 is 8.53. The first-order chi connectivity index (χ1) is 6.50. The molecule has 0 unspecified atom stereocenters. The summed E-state index contributed by atoms with van der Waals surface area (Å²) in [5.41, 5.74) is 0. The van der Waals surface area contributed by atoms with Gasteiger partial charge >= 0.3 is 0 Å². The highest BCUT2D eigenvalue weighted by atomic mass is 79.9. The van der Waals surface area contributed by atoms with Gasteiger partial charge in [-0.3, -0.25) is 0 Å². The maximum absolute atomic E-state index is 12.7. The summed E-state index contributed by atoms with van der Waals surface area (Å²) in [6.07, 6.45) is -2.59. The highest BCUT2D eigenvalue weighted by molar-refractivity contribution is 9.10. The van der Waals surface area contributed by atoms with Crippen LogP contribution < -0.4 is 4.74 Å². The van der Waals surface area contributed by atoms with Crippen molar-refractivity contribution in [2.75, 3.05) is 6.61 Å². The Balaban J connectivity index is 2.86. The monoisotopic (exact) mass is 288 g/mol. The Labute approximate surface area is 91.9 Å². The fourth-order valence-corrected chi connectivity index (χ4v) is 1.73. The normalized spacial score (nSPS) is 10.7. The van der Waals surface area contributed by atoms with Crippen LogP contribution in [0.15, 0.2) is 16.6 Å². The van der Waals surface area contributed by atoms with Crippen LogP contribution in [-0.2, 0) is 0 Å². The maximum Gasteiger partial charge on any atom is 0.272 e. The van der Waals surface area contributed by atoms with Crippen molar-refractivity contribution in [1.82, 2.24) is 0 Å². The molecule has 6 heteroatoms. The van der Waals surface area contributed by atoms with Crippen molar-refractivity contribution in [1.29, 1.82) is 0 Å². The van der Waals surface area contributed by atoms with Gasteiger partial charge in [-0.05, 0) is 28.1 Å². The van der Waals surface area contributed by atoms with E-state index in [1.165, 1.54) is 0 Å². The van der Waals surface area contributed by atoms with Gasteiger partial charge in [0.05, 0.1) is 9.50 Å². The molecule has 0 aliphatic heterocycles. The van der Waals surface area contributed by atoms with Gasteiger partial charge in [0.1, 0.15) is 12.4 Å². The lowest BCUT2D eigenvalue weighted by Gasteiger charge is -2.09. The summed E-state index contributed by atoms with van der Waals surface area (Å²) in [6.45, 7) is -0.774. The Kier molecular flexibility index (Phi) is 4.07. The molecule has 0 bridgehead atoms. The molecule has 0 aliphatic rings. The number of ether oxygens (including phenoxy) is 1. The number of alkyl halides is 2. The summed E-state index contributed by atoms with van der Waals surface area (Å²) < 4.78 is 41.2. The van der Waals surface area contributed by atoms with E-state index in [-0.39, 0.29) is 15.2 Å². The maximum atomic E-state index is 12.7. The van der Waals surface area contributed by atoms with Crippen molar-refractivity contribution in [2.45, 2.75) is 6.43 Å². The van der Waals surface area contributed by atoms with Crippen LogP contribution in [-0.4, -0.2) is 13.0 Å². The fraction of sp³-hybridized carbons (Fsp3) is 0.250. The molecule has 14 heavy (non-hydrogen) atoms. The SMILES string of the molecule is Fc1cc(Cl)c(OCC(F)F)c(Br)c1. The average Bonchev–Trinajstić information content (AvgIpc) is 2.01. The number of hydrogen-bond acceptors (Lipinski definition) is 1. The van der Waals surface area contributed by atoms with Crippen LogP contribution in [0.25, 0.3) is 0 Å². The van der Waals surface area contributed by atoms with Gasteiger partial charge in [0.25, 0.3) is 6.43 Å². The number of benzene rings is 1. The van der Waals surface area contributed by atoms with Crippen molar-refractivity contribution < 1.29 is 17.9 Å². The molecule has 0 aliphatic carbocycles. The van der Waals surface area contributed by atoms with Gasteiger partial charge in [0.15, 0.2) is 5.75 Å². The van der Waals surface area contributed by atoms with E-state index < -0.39 is 18.8 Å². The van der Waals surface area contributed by atoms with Crippen LogP contribution in [0.1, 0.15) is 0 Å². The minimum atomic E-state index is -2.59. The lowest BCUT2D eigenvalue weighted by Crippen LogP contribution is -2.07. The molecule has 1 aromatic rings. The Hall–Kier alpha value is -0.420. The molecule has 0 spiro atoms. The van der Waals surface area contributed by atoms with Crippen molar-refractivity contribution >= 4 is 27.5 Å². The smallest absolute Gasteiger partial charge is 0.272 e. The lowest BCUT2D eigenvalue weighted by molar-refractivity contribution is 0.0815.